The molecule has 1 aromatic heterocycles. The number of nitrogens with one attached hydrogen (secondary N) is 1. The number of hydrogen-bond acceptors (Lipinski definition) is 5. The first-order valence-corrected chi connectivity index (χ1v) is 8.02. The summed E-state index contributed by atoms with van der Waals surface area (Å²) in [5.74, 6) is -0.547. The lowest BCUT2D eigenvalue weighted by Crippen LogP contribution is -2.42. The lowest BCUT2D eigenvalue weighted by molar-refractivity contribution is -0.127. The zero-order chi connectivity index (χ0) is 17.4. The Hall–Kier alpha value is -3.16. The van der Waals surface area contributed by atoms with Crippen LogP contribution in [-0.2, 0) is 9.53 Å². The summed E-state index contributed by atoms with van der Waals surface area (Å²) in [5, 5.41) is 6.96. The molecule has 0 radical (unpaired) electrons. The molecular formula is C17H16N4O4. The highest BCUT2D eigenvalue weighted by molar-refractivity contribution is 5.98. The molecule has 8 nitrogen and oxygen atoms in total. The van der Waals surface area contributed by atoms with E-state index in [1.54, 1.807) is 11.0 Å². The van der Waals surface area contributed by atoms with Crippen LogP contribution in [0.3, 0.4) is 0 Å². The molecule has 128 valence electrons. The number of aromatic amines is 1. The Morgan fingerprint density at radius 2 is 2.04 bits per heavy atom. The Kier molecular flexibility index (Phi) is 3.72. The quantitative estimate of drug-likeness (QED) is 0.908. The first-order chi connectivity index (χ1) is 12.1. The van der Waals surface area contributed by atoms with E-state index >= 15 is 0 Å². The van der Waals surface area contributed by atoms with Gasteiger partial charge in [0.15, 0.2) is 6.61 Å². The predicted octanol–water partition coefficient (Wildman–Crippen LogP) is 1.27. The minimum Gasteiger partial charge on any atom is -0.439 e. The lowest BCUT2D eigenvalue weighted by Gasteiger charge is -2.20. The number of likely N-dealkylation sites (tertiary alicyclic amines) is 1. The van der Waals surface area contributed by atoms with Crippen LogP contribution in [0.5, 0.6) is 0 Å². The van der Waals surface area contributed by atoms with Crippen LogP contribution in [0.2, 0.25) is 0 Å². The minimum atomic E-state index is -0.628. The maximum absolute atomic E-state index is 12.7. The van der Waals surface area contributed by atoms with Gasteiger partial charge in [0.2, 0.25) is 0 Å². The van der Waals surface area contributed by atoms with Crippen LogP contribution in [0.25, 0.3) is 11.3 Å². The van der Waals surface area contributed by atoms with Crippen LogP contribution in [0.1, 0.15) is 16.9 Å². The topological polar surface area (TPSA) is 95.6 Å². The van der Waals surface area contributed by atoms with Crippen LogP contribution in [0, 0.1) is 0 Å². The van der Waals surface area contributed by atoms with Crippen molar-refractivity contribution in [3.8, 4) is 11.3 Å². The van der Waals surface area contributed by atoms with Crippen molar-refractivity contribution in [2.24, 2.45) is 0 Å². The Balaban J connectivity index is 1.46. The molecule has 2 aliphatic rings. The number of hydrogen-bond donors (Lipinski definition) is 1. The van der Waals surface area contributed by atoms with Crippen molar-refractivity contribution in [1.29, 1.82) is 0 Å². The number of nitrogens with zero attached hydrogens (tertiary/aromatic N) is 3. The maximum Gasteiger partial charge on any atom is 0.417 e. The highest BCUT2D eigenvalue weighted by atomic mass is 16.6. The fourth-order valence-corrected chi connectivity index (χ4v) is 3.21. The molecule has 2 saturated heterocycles. The van der Waals surface area contributed by atoms with E-state index in [1.165, 1.54) is 0 Å². The fourth-order valence-electron chi connectivity index (χ4n) is 3.21. The van der Waals surface area contributed by atoms with E-state index in [1.807, 2.05) is 30.3 Å². The number of aromatic nitrogens is 2. The molecule has 0 spiro atoms. The van der Waals surface area contributed by atoms with Gasteiger partial charge in [0.25, 0.3) is 11.8 Å². The predicted molar refractivity (Wildman–Crippen MR) is 86.5 cm³/mol. The Morgan fingerprint density at radius 3 is 2.76 bits per heavy atom. The van der Waals surface area contributed by atoms with Crippen molar-refractivity contribution in [1.82, 2.24) is 20.0 Å². The minimum absolute atomic E-state index is 0.197. The van der Waals surface area contributed by atoms with Crippen molar-refractivity contribution in [2.75, 3.05) is 19.7 Å². The van der Waals surface area contributed by atoms with Crippen LogP contribution in [-0.4, -0.2) is 63.6 Å². The Bertz CT molecular complexity index is 816. The number of rotatable bonds is 3. The van der Waals surface area contributed by atoms with E-state index < -0.39 is 6.09 Å². The van der Waals surface area contributed by atoms with Gasteiger partial charge in [-0.05, 0) is 12.5 Å². The number of carbonyl (C=O) groups excluding carboxylic acids is 3. The number of benzene rings is 1. The third-order valence-electron chi connectivity index (χ3n) is 4.48. The molecule has 1 atom stereocenters. The molecule has 8 heteroatoms. The normalized spacial score (nSPS) is 20.2. The molecule has 0 saturated carbocycles. The Morgan fingerprint density at radius 1 is 1.24 bits per heavy atom. The summed E-state index contributed by atoms with van der Waals surface area (Å²) in [6, 6.07) is 10.9. The van der Waals surface area contributed by atoms with Gasteiger partial charge in [-0.3, -0.25) is 14.7 Å². The maximum atomic E-state index is 12.7. The highest BCUT2D eigenvalue weighted by Crippen LogP contribution is 2.23. The van der Waals surface area contributed by atoms with Crippen LogP contribution in [0.15, 0.2) is 36.4 Å². The average molecular weight is 340 g/mol. The van der Waals surface area contributed by atoms with E-state index in [-0.39, 0.29) is 24.5 Å². The van der Waals surface area contributed by atoms with Crippen LogP contribution in [0.4, 0.5) is 4.79 Å². The SMILES string of the molecule is O=C(c1cc(-c2ccccc2)n[nH]1)N1CC[C@H](N2C(=O)COC2=O)C1. The molecule has 0 bridgehead atoms. The molecule has 4 rings (SSSR count). The van der Waals surface area contributed by atoms with Gasteiger partial charge in [-0.1, -0.05) is 30.3 Å². The molecule has 1 N–H and O–H groups in total. The van der Waals surface area contributed by atoms with E-state index in [0.717, 1.165) is 10.5 Å². The van der Waals surface area contributed by atoms with Crippen molar-refractivity contribution in [3.63, 3.8) is 0 Å². The van der Waals surface area contributed by atoms with Gasteiger partial charge in [-0.2, -0.15) is 5.10 Å². The van der Waals surface area contributed by atoms with E-state index in [2.05, 4.69) is 10.2 Å². The summed E-state index contributed by atoms with van der Waals surface area (Å²) >= 11 is 0. The van der Waals surface area contributed by atoms with Gasteiger partial charge in [0.1, 0.15) is 5.69 Å². The third kappa shape index (κ3) is 2.75. The zero-order valence-electron chi connectivity index (χ0n) is 13.3. The summed E-state index contributed by atoms with van der Waals surface area (Å²) in [5.41, 5.74) is 2.00. The second kappa shape index (κ2) is 6.04. The standard InChI is InChI=1S/C17H16N4O4/c22-15-10-25-17(24)21(15)12-6-7-20(9-12)16(23)14-8-13(18-19-14)11-4-2-1-3-5-11/h1-5,8,12H,6-7,9-10H2,(H,18,19)/t12-/m0/s1. The molecule has 2 aliphatic heterocycles. The van der Waals surface area contributed by atoms with Crippen molar-refractivity contribution >= 4 is 17.9 Å². The van der Waals surface area contributed by atoms with Gasteiger partial charge in [-0.25, -0.2) is 9.69 Å². The first-order valence-electron chi connectivity index (χ1n) is 8.02. The molecule has 2 fully saturated rings. The van der Waals surface area contributed by atoms with Gasteiger partial charge in [-0.15, -0.1) is 0 Å². The van der Waals surface area contributed by atoms with Crippen molar-refractivity contribution < 1.29 is 19.1 Å². The van der Waals surface area contributed by atoms with Gasteiger partial charge in [0, 0.05) is 18.7 Å². The van der Waals surface area contributed by atoms with E-state index in [0.29, 0.717) is 30.9 Å². The zero-order valence-corrected chi connectivity index (χ0v) is 13.3. The average Bonchev–Trinajstić information content (AvgIpc) is 3.35. The number of ether oxygens (including phenoxy) is 1. The number of carbonyl (C=O) groups is 3. The molecule has 0 aliphatic carbocycles. The first kappa shape index (κ1) is 15.4. The van der Waals surface area contributed by atoms with Gasteiger partial charge >= 0.3 is 6.09 Å². The molecule has 2 aromatic rings. The molecule has 3 amide bonds. The number of cyclic esters (lactones) is 1. The number of amides is 3. The smallest absolute Gasteiger partial charge is 0.417 e. The number of H-pyrrole nitrogens is 1. The number of imide groups is 1. The second-order valence-corrected chi connectivity index (χ2v) is 6.04. The third-order valence-corrected chi connectivity index (χ3v) is 4.48. The van der Waals surface area contributed by atoms with Gasteiger partial charge < -0.3 is 9.64 Å². The molecular weight excluding hydrogens is 324 g/mol. The van der Waals surface area contributed by atoms with Crippen LogP contribution >= 0.6 is 0 Å². The van der Waals surface area contributed by atoms with Gasteiger partial charge in [0.05, 0.1) is 11.7 Å². The molecule has 3 heterocycles. The van der Waals surface area contributed by atoms with Crippen molar-refractivity contribution in [3.05, 3.63) is 42.1 Å². The molecule has 25 heavy (non-hydrogen) atoms. The van der Waals surface area contributed by atoms with E-state index in [4.69, 9.17) is 4.74 Å². The largest absolute Gasteiger partial charge is 0.439 e. The lowest BCUT2D eigenvalue weighted by atomic mass is 10.1. The Labute approximate surface area is 143 Å². The van der Waals surface area contributed by atoms with Crippen molar-refractivity contribution in [2.45, 2.75) is 12.5 Å². The molecule has 1 aromatic carbocycles. The second-order valence-electron chi connectivity index (χ2n) is 6.04. The van der Waals surface area contributed by atoms with E-state index in [9.17, 15) is 14.4 Å². The molecule has 0 unspecified atom stereocenters. The monoisotopic (exact) mass is 340 g/mol. The van der Waals surface area contributed by atoms with Crippen LogP contribution < -0.4 is 0 Å². The fraction of sp³-hybridized carbons (Fsp3) is 0.294. The summed E-state index contributed by atoms with van der Waals surface area (Å²) in [7, 11) is 0. The summed E-state index contributed by atoms with van der Waals surface area (Å²) in [6.07, 6.45) is -0.0797. The highest BCUT2D eigenvalue weighted by Gasteiger charge is 2.41. The summed E-state index contributed by atoms with van der Waals surface area (Å²) < 4.78 is 4.74. The summed E-state index contributed by atoms with van der Waals surface area (Å²) in [6.45, 7) is 0.559. The summed E-state index contributed by atoms with van der Waals surface area (Å²) in [4.78, 5) is 38.8.